The van der Waals surface area contributed by atoms with Crippen LogP contribution in [0.2, 0.25) is 0 Å². The summed E-state index contributed by atoms with van der Waals surface area (Å²) in [5, 5.41) is 23.1. The van der Waals surface area contributed by atoms with Gasteiger partial charge in [-0.2, -0.15) is 0 Å². The number of hydrogen-bond acceptors (Lipinski definition) is 5. The number of allylic oxidation sites excluding steroid dienone is 5. The Morgan fingerprint density at radius 2 is 0.761 bits per heavy atom. The van der Waals surface area contributed by atoms with Crippen molar-refractivity contribution in [2.24, 2.45) is 0 Å². The van der Waals surface area contributed by atoms with Gasteiger partial charge < -0.3 is 20.3 Å². The van der Waals surface area contributed by atoms with Crippen molar-refractivity contribution in [3.8, 4) is 0 Å². The molecule has 0 aromatic rings. The van der Waals surface area contributed by atoms with Crippen LogP contribution in [0, 0.1) is 0 Å². The fourth-order valence-electron chi connectivity index (χ4n) is 9.10. The van der Waals surface area contributed by atoms with Gasteiger partial charge in [-0.05, 0) is 51.4 Å². The van der Waals surface area contributed by atoms with Crippen LogP contribution in [0.5, 0.6) is 0 Å². The molecular formula is C61H115NO5. The van der Waals surface area contributed by atoms with Gasteiger partial charge >= 0.3 is 5.97 Å². The number of amides is 1. The number of aliphatic hydroxyl groups is 2. The minimum Gasteiger partial charge on any atom is -0.466 e. The maximum absolute atomic E-state index is 12.4. The van der Waals surface area contributed by atoms with Crippen LogP contribution in [0.15, 0.2) is 36.5 Å². The molecular weight excluding hydrogens is 827 g/mol. The van der Waals surface area contributed by atoms with E-state index in [2.05, 4.69) is 37.4 Å². The number of carbonyl (C=O) groups excluding carboxylic acids is 2. The molecule has 0 saturated heterocycles. The summed E-state index contributed by atoms with van der Waals surface area (Å²) in [7, 11) is 0. The number of aliphatic hydroxyl groups excluding tert-OH is 2. The zero-order valence-electron chi connectivity index (χ0n) is 44.9. The Balaban J connectivity index is 3.56. The van der Waals surface area contributed by atoms with Gasteiger partial charge in [-0.3, -0.25) is 9.59 Å². The molecule has 2 unspecified atom stereocenters. The Labute approximate surface area is 417 Å². The first-order valence-corrected chi connectivity index (χ1v) is 29.8. The average Bonchev–Trinajstić information content (AvgIpc) is 3.33. The van der Waals surface area contributed by atoms with Crippen LogP contribution in [0.4, 0.5) is 0 Å². The molecule has 0 heterocycles. The molecule has 394 valence electrons. The summed E-state index contributed by atoms with van der Waals surface area (Å²) in [4.78, 5) is 24.5. The summed E-state index contributed by atoms with van der Waals surface area (Å²) < 4.78 is 5.47. The quantitative estimate of drug-likeness (QED) is 0.0321. The van der Waals surface area contributed by atoms with E-state index in [1.54, 1.807) is 6.08 Å². The topological polar surface area (TPSA) is 95.9 Å². The fourth-order valence-corrected chi connectivity index (χ4v) is 9.10. The smallest absolute Gasteiger partial charge is 0.305 e. The van der Waals surface area contributed by atoms with Crippen molar-refractivity contribution < 1.29 is 24.5 Å². The van der Waals surface area contributed by atoms with Crippen molar-refractivity contribution in [3.05, 3.63) is 36.5 Å². The van der Waals surface area contributed by atoms with Crippen LogP contribution in [0.25, 0.3) is 0 Å². The molecule has 0 rings (SSSR count). The number of nitrogens with one attached hydrogen (secondary N) is 1. The van der Waals surface area contributed by atoms with Crippen molar-refractivity contribution >= 4 is 11.9 Å². The summed E-state index contributed by atoms with van der Waals surface area (Å²) in [6, 6.07) is -0.673. The first-order chi connectivity index (χ1) is 33.0. The maximum Gasteiger partial charge on any atom is 0.305 e. The lowest BCUT2D eigenvalue weighted by Crippen LogP contribution is -2.45. The number of unbranched alkanes of at least 4 members (excludes halogenated alkanes) is 40. The fraction of sp³-hybridized carbons (Fsp3) is 0.869. The van der Waals surface area contributed by atoms with Crippen LogP contribution in [-0.2, 0) is 14.3 Å². The largest absolute Gasteiger partial charge is 0.466 e. The molecule has 0 spiro atoms. The van der Waals surface area contributed by atoms with E-state index in [0.29, 0.717) is 25.9 Å². The first kappa shape index (κ1) is 65.1. The summed E-state index contributed by atoms with van der Waals surface area (Å²) in [5.41, 5.74) is 0. The standard InChI is InChI=1S/C61H115NO5/c1-3-5-7-9-11-13-15-17-19-21-22-23-24-25-26-29-33-37-41-45-49-53-59(64)58(57-63)62-60(65)54-50-46-42-38-34-30-28-32-36-40-44-48-52-56-67-61(66)55-51-47-43-39-35-31-27-20-18-16-14-12-10-8-6-4-2/h30,34,42,46,49,53,58-59,63-64H,3-29,31-33,35-41,43-45,47-48,50-52,54-57H2,1-2H3,(H,62,65)/b34-30-,46-42-,53-49+. The molecule has 0 aliphatic carbocycles. The second-order valence-electron chi connectivity index (χ2n) is 20.3. The molecule has 0 aromatic carbocycles. The number of ether oxygens (including phenoxy) is 1. The zero-order valence-corrected chi connectivity index (χ0v) is 44.9. The highest BCUT2D eigenvalue weighted by atomic mass is 16.5. The van der Waals surface area contributed by atoms with Crippen LogP contribution in [0.3, 0.4) is 0 Å². The average molecular weight is 943 g/mol. The molecule has 0 fully saturated rings. The molecule has 6 nitrogen and oxygen atoms in total. The molecule has 0 aromatic heterocycles. The van der Waals surface area contributed by atoms with Gasteiger partial charge in [0.15, 0.2) is 0 Å². The normalized spacial score (nSPS) is 12.8. The second kappa shape index (κ2) is 56.7. The summed E-state index contributed by atoms with van der Waals surface area (Å²) in [6.07, 6.45) is 70.4. The minimum atomic E-state index is -0.880. The van der Waals surface area contributed by atoms with E-state index < -0.39 is 12.1 Å². The van der Waals surface area contributed by atoms with E-state index in [1.807, 2.05) is 12.2 Å². The van der Waals surface area contributed by atoms with E-state index in [0.717, 1.165) is 51.4 Å². The maximum atomic E-state index is 12.4. The monoisotopic (exact) mass is 942 g/mol. The van der Waals surface area contributed by atoms with Crippen molar-refractivity contribution in [3.63, 3.8) is 0 Å². The van der Waals surface area contributed by atoms with Crippen molar-refractivity contribution in [2.75, 3.05) is 13.2 Å². The molecule has 0 aliphatic rings. The van der Waals surface area contributed by atoms with Crippen molar-refractivity contribution in [1.82, 2.24) is 5.32 Å². The highest BCUT2D eigenvalue weighted by Crippen LogP contribution is 2.17. The van der Waals surface area contributed by atoms with E-state index in [4.69, 9.17) is 4.74 Å². The summed E-state index contributed by atoms with van der Waals surface area (Å²) in [6.45, 7) is 4.86. The molecule has 3 N–H and O–H groups in total. The van der Waals surface area contributed by atoms with Gasteiger partial charge in [-0.25, -0.2) is 0 Å². The lowest BCUT2D eigenvalue weighted by Gasteiger charge is -2.19. The predicted octanol–water partition coefficient (Wildman–Crippen LogP) is 18.4. The van der Waals surface area contributed by atoms with E-state index in [9.17, 15) is 19.8 Å². The minimum absolute atomic E-state index is 0.0148. The van der Waals surface area contributed by atoms with Gasteiger partial charge in [-0.1, -0.05) is 288 Å². The molecule has 67 heavy (non-hydrogen) atoms. The number of esters is 1. The highest BCUT2D eigenvalue weighted by molar-refractivity contribution is 5.76. The summed E-state index contributed by atoms with van der Waals surface area (Å²) >= 11 is 0. The van der Waals surface area contributed by atoms with Crippen LogP contribution in [0.1, 0.15) is 316 Å². The van der Waals surface area contributed by atoms with E-state index in [-0.39, 0.29) is 18.5 Å². The highest BCUT2D eigenvalue weighted by Gasteiger charge is 2.17. The SMILES string of the molecule is CCCCCCCCCCCCCCCCCCCCC/C=C/C(O)C(CO)NC(=O)CC/C=C\C/C=C\CCCCCCCCOC(=O)CCCCCCCCCCCCCCCCCC. The molecule has 2 atom stereocenters. The van der Waals surface area contributed by atoms with Gasteiger partial charge in [-0.15, -0.1) is 0 Å². The first-order valence-electron chi connectivity index (χ1n) is 29.8. The molecule has 0 saturated carbocycles. The molecule has 0 aliphatic heterocycles. The Bertz CT molecular complexity index is 1090. The van der Waals surface area contributed by atoms with Gasteiger partial charge in [0.25, 0.3) is 0 Å². The van der Waals surface area contributed by atoms with Gasteiger partial charge in [0.05, 0.1) is 25.4 Å². The van der Waals surface area contributed by atoms with E-state index >= 15 is 0 Å². The van der Waals surface area contributed by atoms with E-state index in [1.165, 1.54) is 231 Å². The number of hydrogen-bond donors (Lipinski definition) is 3. The molecule has 0 bridgehead atoms. The second-order valence-corrected chi connectivity index (χ2v) is 20.3. The third-order valence-electron chi connectivity index (χ3n) is 13.7. The Kier molecular flexibility index (Phi) is 55.0. The third-order valence-corrected chi connectivity index (χ3v) is 13.7. The van der Waals surface area contributed by atoms with Crippen LogP contribution in [-0.4, -0.2) is 47.4 Å². The third kappa shape index (κ3) is 53.3. The molecule has 6 heteroatoms. The predicted molar refractivity (Wildman–Crippen MR) is 292 cm³/mol. The lowest BCUT2D eigenvalue weighted by molar-refractivity contribution is -0.143. The Morgan fingerprint density at radius 1 is 0.418 bits per heavy atom. The van der Waals surface area contributed by atoms with Crippen LogP contribution < -0.4 is 5.32 Å². The number of carbonyl (C=O) groups is 2. The lowest BCUT2D eigenvalue weighted by atomic mass is 10.0. The van der Waals surface area contributed by atoms with Gasteiger partial charge in [0.1, 0.15) is 0 Å². The van der Waals surface area contributed by atoms with Gasteiger partial charge in [0.2, 0.25) is 5.91 Å². The Hall–Kier alpha value is -1.92. The zero-order chi connectivity index (χ0) is 48.6. The Morgan fingerprint density at radius 3 is 1.16 bits per heavy atom. The van der Waals surface area contributed by atoms with Gasteiger partial charge in [0, 0.05) is 12.8 Å². The molecule has 1 amide bonds. The van der Waals surface area contributed by atoms with Crippen LogP contribution >= 0.6 is 0 Å². The van der Waals surface area contributed by atoms with Crippen molar-refractivity contribution in [1.29, 1.82) is 0 Å². The van der Waals surface area contributed by atoms with Crippen molar-refractivity contribution in [2.45, 2.75) is 328 Å². The summed E-state index contributed by atoms with van der Waals surface area (Å²) in [5.74, 6) is -0.161. The number of rotatable bonds is 55. The molecule has 0 radical (unpaired) electrons.